The molecule has 1 saturated carbocycles. The van der Waals surface area contributed by atoms with Crippen molar-refractivity contribution in [1.29, 1.82) is 0 Å². The van der Waals surface area contributed by atoms with E-state index in [9.17, 15) is 8.42 Å². The van der Waals surface area contributed by atoms with Crippen molar-refractivity contribution < 1.29 is 13.2 Å². The Labute approximate surface area is 162 Å². The molecule has 1 fully saturated rings. The number of hydrogen-bond acceptors (Lipinski definition) is 6. The molecule has 8 nitrogen and oxygen atoms in total. The molecule has 3 rings (SSSR count). The van der Waals surface area contributed by atoms with Crippen LogP contribution in [0.1, 0.15) is 38.7 Å². The number of aromatic nitrogens is 2. The highest BCUT2D eigenvalue weighted by Crippen LogP contribution is 2.39. The van der Waals surface area contributed by atoms with E-state index in [0.717, 1.165) is 10.9 Å². The van der Waals surface area contributed by atoms with E-state index in [-0.39, 0.29) is 11.4 Å². The van der Waals surface area contributed by atoms with Crippen molar-refractivity contribution in [2.24, 2.45) is 5.11 Å². The first kappa shape index (κ1) is 19.7. The molecule has 1 atom stereocenters. The Morgan fingerprint density at radius 2 is 2.07 bits per heavy atom. The van der Waals surface area contributed by atoms with E-state index >= 15 is 0 Å². The molecular weight excluding hydrogens is 390 g/mol. The van der Waals surface area contributed by atoms with Gasteiger partial charge in [0.05, 0.1) is 16.2 Å². The molecule has 2 aromatic heterocycles. The standard InChI is InChI=1S/C17H20ClN5O3S/c1-4-17(2,22-23-19)14-9-21-16(13-8-20-15(18)7-12(13)14)26-10-5-11(6-10)27(3,24)25/h7-11H,4-6H2,1-3H3/t10?,11?,17-/m1/s1. The first-order valence-corrected chi connectivity index (χ1v) is 10.9. The molecule has 0 radical (unpaired) electrons. The van der Waals surface area contributed by atoms with E-state index in [2.05, 4.69) is 20.0 Å². The van der Waals surface area contributed by atoms with Crippen LogP contribution >= 0.6 is 11.6 Å². The maximum atomic E-state index is 11.6. The van der Waals surface area contributed by atoms with Crippen LogP contribution in [0, 0.1) is 0 Å². The third-order valence-corrected chi connectivity index (χ3v) is 6.97. The number of hydrogen-bond donors (Lipinski definition) is 0. The van der Waals surface area contributed by atoms with Gasteiger partial charge in [-0.1, -0.05) is 23.6 Å². The third kappa shape index (κ3) is 3.81. The summed E-state index contributed by atoms with van der Waals surface area (Å²) in [4.78, 5) is 11.5. The molecule has 0 N–H and O–H groups in total. The van der Waals surface area contributed by atoms with E-state index in [1.807, 2.05) is 13.8 Å². The summed E-state index contributed by atoms with van der Waals surface area (Å²) in [5.74, 6) is 0.370. The number of fused-ring (bicyclic) bond motifs is 1. The summed E-state index contributed by atoms with van der Waals surface area (Å²) in [5.41, 5.74) is 8.89. The lowest BCUT2D eigenvalue weighted by atomic mass is 9.88. The van der Waals surface area contributed by atoms with Gasteiger partial charge in [-0.3, -0.25) is 0 Å². The molecule has 27 heavy (non-hydrogen) atoms. The number of nitrogens with zero attached hydrogens (tertiary/aromatic N) is 5. The Kier molecular flexibility index (Phi) is 5.20. The molecule has 1 aliphatic rings. The summed E-state index contributed by atoms with van der Waals surface area (Å²) in [7, 11) is -3.05. The van der Waals surface area contributed by atoms with E-state index in [1.54, 1.807) is 18.5 Å². The zero-order valence-corrected chi connectivity index (χ0v) is 16.8. The number of ether oxygens (including phenoxy) is 1. The fraction of sp³-hybridized carbons (Fsp3) is 0.529. The Balaban J connectivity index is 2.00. The molecule has 0 unspecified atom stereocenters. The van der Waals surface area contributed by atoms with Crippen LogP contribution in [-0.2, 0) is 15.4 Å². The van der Waals surface area contributed by atoms with Crippen LogP contribution in [0.4, 0.5) is 0 Å². The van der Waals surface area contributed by atoms with Gasteiger partial charge in [-0.25, -0.2) is 18.4 Å². The Morgan fingerprint density at radius 1 is 1.37 bits per heavy atom. The average Bonchev–Trinajstić information content (AvgIpc) is 2.56. The number of halogens is 1. The van der Waals surface area contributed by atoms with Crippen LogP contribution in [0.2, 0.25) is 5.15 Å². The van der Waals surface area contributed by atoms with Crippen LogP contribution in [-0.4, -0.2) is 36.0 Å². The van der Waals surface area contributed by atoms with Gasteiger partial charge in [0, 0.05) is 36.4 Å². The first-order valence-electron chi connectivity index (χ1n) is 8.54. The molecule has 0 aromatic carbocycles. The van der Waals surface area contributed by atoms with Crippen molar-refractivity contribution in [3.05, 3.63) is 39.6 Å². The SMILES string of the molecule is CC[C@@](C)(N=[N+]=[N-])c1cnc(OC2CC(S(C)(=O)=O)C2)c2cnc(Cl)cc12. The summed E-state index contributed by atoms with van der Waals surface area (Å²) in [6.45, 7) is 3.76. The predicted octanol–water partition coefficient (Wildman–Crippen LogP) is 4.17. The maximum absolute atomic E-state index is 11.6. The topological polar surface area (TPSA) is 118 Å². The lowest BCUT2D eigenvalue weighted by molar-refractivity contribution is 0.119. The van der Waals surface area contributed by atoms with Gasteiger partial charge in [0.25, 0.3) is 0 Å². The predicted molar refractivity (Wildman–Crippen MR) is 104 cm³/mol. The summed E-state index contributed by atoms with van der Waals surface area (Å²) < 4.78 is 29.1. The van der Waals surface area contributed by atoms with Gasteiger partial charge in [0.2, 0.25) is 5.88 Å². The van der Waals surface area contributed by atoms with Crippen LogP contribution in [0.5, 0.6) is 5.88 Å². The highest BCUT2D eigenvalue weighted by molar-refractivity contribution is 7.91. The number of azide groups is 1. The van der Waals surface area contributed by atoms with Gasteiger partial charge in [0.1, 0.15) is 11.3 Å². The summed E-state index contributed by atoms with van der Waals surface area (Å²) >= 11 is 6.08. The molecule has 0 bridgehead atoms. The number of rotatable bonds is 6. The molecule has 0 spiro atoms. The van der Waals surface area contributed by atoms with Crippen LogP contribution < -0.4 is 4.74 Å². The van der Waals surface area contributed by atoms with Crippen molar-refractivity contribution in [3.63, 3.8) is 0 Å². The highest BCUT2D eigenvalue weighted by atomic mass is 35.5. The number of sulfone groups is 1. The van der Waals surface area contributed by atoms with E-state index < -0.39 is 15.4 Å². The summed E-state index contributed by atoms with van der Waals surface area (Å²) in [6, 6.07) is 1.70. The van der Waals surface area contributed by atoms with Crippen LogP contribution in [0.3, 0.4) is 0 Å². The fourth-order valence-corrected chi connectivity index (χ4v) is 4.43. The molecule has 2 heterocycles. The van der Waals surface area contributed by atoms with Crippen LogP contribution in [0.15, 0.2) is 23.6 Å². The van der Waals surface area contributed by atoms with E-state index in [4.69, 9.17) is 21.9 Å². The summed E-state index contributed by atoms with van der Waals surface area (Å²) in [6.07, 6.45) is 5.68. The van der Waals surface area contributed by atoms with E-state index in [0.29, 0.717) is 35.7 Å². The molecule has 144 valence electrons. The second-order valence-corrected chi connectivity index (χ2v) is 9.72. The molecule has 1 aliphatic carbocycles. The normalized spacial score (nSPS) is 21.8. The average molecular weight is 410 g/mol. The number of pyridine rings is 2. The van der Waals surface area contributed by atoms with Gasteiger partial charge in [-0.2, -0.15) is 0 Å². The lowest BCUT2D eigenvalue weighted by Crippen LogP contribution is -2.42. The second kappa shape index (κ2) is 7.14. The van der Waals surface area contributed by atoms with Gasteiger partial charge in [0.15, 0.2) is 9.84 Å². The fourth-order valence-electron chi connectivity index (χ4n) is 3.14. The molecule has 0 aliphatic heterocycles. The van der Waals surface area contributed by atoms with E-state index in [1.165, 1.54) is 6.26 Å². The van der Waals surface area contributed by atoms with Gasteiger partial charge in [-0.15, -0.1) is 0 Å². The minimum absolute atomic E-state index is 0.211. The molecular formula is C17H20ClN5O3S. The van der Waals surface area contributed by atoms with Crippen molar-refractivity contribution in [2.75, 3.05) is 6.26 Å². The van der Waals surface area contributed by atoms with Gasteiger partial charge in [-0.05, 0) is 35.9 Å². The minimum atomic E-state index is -3.05. The third-order valence-electron chi connectivity index (χ3n) is 5.17. The quantitative estimate of drug-likeness (QED) is 0.307. The maximum Gasteiger partial charge on any atom is 0.223 e. The first-order chi connectivity index (χ1) is 12.7. The zero-order chi connectivity index (χ0) is 19.8. The smallest absolute Gasteiger partial charge is 0.223 e. The van der Waals surface area contributed by atoms with Crippen molar-refractivity contribution in [3.8, 4) is 5.88 Å². The summed E-state index contributed by atoms with van der Waals surface area (Å²) in [5, 5.41) is 5.28. The molecule has 10 heteroatoms. The Hall–Kier alpha value is -2.09. The van der Waals surface area contributed by atoms with Crippen molar-refractivity contribution in [1.82, 2.24) is 9.97 Å². The Morgan fingerprint density at radius 3 is 2.67 bits per heavy atom. The minimum Gasteiger partial charge on any atom is -0.474 e. The molecule has 2 aromatic rings. The lowest BCUT2D eigenvalue weighted by Gasteiger charge is -2.34. The van der Waals surface area contributed by atoms with Crippen molar-refractivity contribution in [2.45, 2.75) is 50.0 Å². The zero-order valence-electron chi connectivity index (χ0n) is 15.3. The van der Waals surface area contributed by atoms with Gasteiger partial charge < -0.3 is 4.74 Å². The largest absolute Gasteiger partial charge is 0.474 e. The highest BCUT2D eigenvalue weighted by Gasteiger charge is 2.38. The molecule has 0 amide bonds. The molecule has 0 saturated heterocycles. The Bertz CT molecular complexity index is 1030. The van der Waals surface area contributed by atoms with Crippen molar-refractivity contribution >= 4 is 32.2 Å². The van der Waals surface area contributed by atoms with Gasteiger partial charge >= 0.3 is 0 Å². The van der Waals surface area contributed by atoms with Crippen LogP contribution in [0.25, 0.3) is 21.2 Å². The second-order valence-electron chi connectivity index (χ2n) is 7.01. The monoisotopic (exact) mass is 409 g/mol.